The van der Waals surface area contributed by atoms with E-state index < -0.39 is 10.0 Å². The highest BCUT2D eigenvalue weighted by Gasteiger charge is 2.25. The van der Waals surface area contributed by atoms with Crippen LogP contribution in [0.4, 0.5) is 5.88 Å². The van der Waals surface area contributed by atoms with Crippen LogP contribution in [-0.4, -0.2) is 46.4 Å². The molecule has 3 heterocycles. The van der Waals surface area contributed by atoms with Crippen LogP contribution in [0.1, 0.15) is 27.3 Å². The SMILES string of the molecule is Cc1noc(NS(=O)(=O)c2ccccc2-c2ccc(-c3ncco3)cc2CN(C)C(=O)c2cnccn2)c1C. The van der Waals surface area contributed by atoms with Crippen LogP contribution in [0.15, 0.2) is 87.4 Å². The van der Waals surface area contributed by atoms with Crippen LogP contribution in [0.5, 0.6) is 0 Å². The molecule has 0 saturated carbocycles. The second-order valence-corrected chi connectivity index (χ2v) is 10.4. The van der Waals surface area contributed by atoms with E-state index in [9.17, 15) is 13.2 Å². The van der Waals surface area contributed by atoms with Gasteiger partial charge < -0.3 is 13.8 Å². The van der Waals surface area contributed by atoms with Gasteiger partial charge in [0.2, 0.25) is 11.8 Å². The first kappa shape index (κ1) is 25.8. The van der Waals surface area contributed by atoms with Crippen LogP contribution in [-0.2, 0) is 16.6 Å². The molecule has 0 aliphatic heterocycles. The average Bonchev–Trinajstić information content (AvgIpc) is 3.59. The number of aromatic nitrogens is 4. The van der Waals surface area contributed by atoms with Gasteiger partial charge in [-0.15, -0.1) is 0 Å². The van der Waals surface area contributed by atoms with Crippen molar-refractivity contribution in [3.63, 3.8) is 0 Å². The third-order valence-corrected chi connectivity index (χ3v) is 7.56. The summed E-state index contributed by atoms with van der Waals surface area (Å²) in [7, 11) is -2.44. The monoisotopic (exact) mass is 544 g/mol. The molecule has 0 spiro atoms. The van der Waals surface area contributed by atoms with E-state index in [0.29, 0.717) is 39.4 Å². The van der Waals surface area contributed by atoms with Gasteiger partial charge in [0.25, 0.3) is 15.9 Å². The van der Waals surface area contributed by atoms with Gasteiger partial charge in [-0.2, -0.15) is 0 Å². The van der Waals surface area contributed by atoms with Crippen LogP contribution in [0.2, 0.25) is 0 Å². The summed E-state index contributed by atoms with van der Waals surface area (Å²) in [5.74, 6) is 0.106. The topological polar surface area (TPSA) is 144 Å². The van der Waals surface area contributed by atoms with Crippen molar-refractivity contribution in [1.29, 1.82) is 0 Å². The molecule has 2 aromatic carbocycles. The summed E-state index contributed by atoms with van der Waals surface area (Å²) in [5, 5.41) is 3.83. The first-order valence-electron chi connectivity index (χ1n) is 11.8. The van der Waals surface area contributed by atoms with Gasteiger partial charge in [-0.3, -0.25) is 9.78 Å². The molecule has 198 valence electrons. The second kappa shape index (κ2) is 10.5. The molecule has 12 heteroatoms. The van der Waals surface area contributed by atoms with Crippen molar-refractivity contribution in [3.05, 3.63) is 96.0 Å². The summed E-state index contributed by atoms with van der Waals surface area (Å²) in [6, 6.07) is 12.0. The molecular formula is C27H24N6O5S. The number of sulfonamides is 1. The third kappa shape index (κ3) is 5.27. The lowest BCUT2D eigenvalue weighted by Crippen LogP contribution is -2.27. The predicted molar refractivity (Wildman–Crippen MR) is 142 cm³/mol. The van der Waals surface area contributed by atoms with Crippen LogP contribution in [0.3, 0.4) is 0 Å². The molecular weight excluding hydrogens is 520 g/mol. The molecule has 0 aliphatic rings. The number of rotatable bonds is 8. The van der Waals surface area contributed by atoms with E-state index in [1.807, 2.05) is 6.07 Å². The molecule has 1 N–H and O–H groups in total. The Morgan fingerprint density at radius 3 is 2.54 bits per heavy atom. The minimum atomic E-state index is -4.07. The maximum atomic E-state index is 13.5. The summed E-state index contributed by atoms with van der Waals surface area (Å²) < 4.78 is 40.2. The third-order valence-electron chi connectivity index (χ3n) is 6.17. The highest BCUT2D eigenvalue weighted by atomic mass is 32.2. The predicted octanol–water partition coefficient (Wildman–Crippen LogP) is 4.48. The van der Waals surface area contributed by atoms with E-state index in [1.54, 1.807) is 51.2 Å². The molecule has 0 aliphatic carbocycles. The molecule has 39 heavy (non-hydrogen) atoms. The molecule has 0 radical (unpaired) electrons. The lowest BCUT2D eigenvalue weighted by Gasteiger charge is -2.21. The van der Waals surface area contributed by atoms with Crippen molar-refractivity contribution in [2.45, 2.75) is 25.3 Å². The molecule has 5 aromatic rings. The molecule has 11 nitrogen and oxygen atoms in total. The van der Waals surface area contributed by atoms with Crippen LogP contribution < -0.4 is 4.72 Å². The normalized spacial score (nSPS) is 11.4. The van der Waals surface area contributed by atoms with E-state index >= 15 is 0 Å². The smallest absolute Gasteiger partial charge is 0.274 e. The summed E-state index contributed by atoms with van der Waals surface area (Å²) >= 11 is 0. The number of aryl methyl sites for hydroxylation is 1. The second-order valence-electron chi connectivity index (χ2n) is 8.78. The van der Waals surface area contributed by atoms with Crippen LogP contribution in [0, 0.1) is 13.8 Å². The molecule has 0 bridgehead atoms. The van der Waals surface area contributed by atoms with Gasteiger partial charge in [-0.05, 0) is 43.2 Å². The molecule has 0 atom stereocenters. The largest absolute Gasteiger partial charge is 0.445 e. The molecule has 0 fully saturated rings. The number of carbonyl (C=O) groups is 1. The number of oxazole rings is 1. The summed E-state index contributed by atoms with van der Waals surface area (Å²) in [6.45, 7) is 3.59. The van der Waals surface area contributed by atoms with Gasteiger partial charge >= 0.3 is 0 Å². The van der Waals surface area contributed by atoms with Crippen molar-refractivity contribution < 1.29 is 22.2 Å². The number of carbonyl (C=O) groups excluding carboxylic acids is 1. The molecule has 5 rings (SSSR count). The summed E-state index contributed by atoms with van der Waals surface area (Å²) in [6.07, 6.45) is 7.33. The highest BCUT2D eigenvalue weighted by molar-refractivity contribution is 7.92. The van der Waals surface area contributed by atoms with Gasteiger partial charge in [0.05, 0.1) is 23.0 Å². The number of nitrogens with one attached hydrogen (secondary N) is 1. The van der Waals surface area contributed by atoms with Crippen molar-refractivity contribution >= 4 is 21.8 Å². The quantitative estimate of drug-likeness (QED) is 0.299. The van der Waals surface area contributed by atoms with E-state index in [2.05, 4.69) is 24.8 Å². The van der Waals surface area contributed by atoms with Gasteiger partial charge in [-0.25, -0.2) is 23.1 Å². The summed E-state index contributed by atoms with van der Waals surface area (Å²) in [4.78, 5) is 26.8. The Hall–Kier alpha value is -4.84. The fourth-order valence-electron chi connectivity index (χ4n) is 4.03. The Morgan fingerprint density at radius 1 is 1.03 bits per heavy atom. The minimum absolute atomic E-state index is 0.0338. The highest BCUT2D eigenvalue weighted by Crippen LogP contribution is 2.34. The van der Waals surface area contributed by atoms with Crippen LogP contribution >= 0.6 is 0 Å². The van der Waals surface area contributed by atoms with Crippen molar-refractivity contribution in [2.24, 2.45) is 0 Å². The minimum Gasteiger partial charge on any atom is -0.445 e. The fraction of sp³-hybridized carbons (Fsp3) is 0.148. The van der Waals surface area contributed by atoms with E-state index in [4.69, 9.17) is 8.94 Å². The Kier molecular flexibility index (Phi) is 6.94. The average molecular weight is 545 g/mol. The Labute approximate surface area is 224 Å². The molecule has 3 aromatic heterocycles. The van der Waals surface area contributed by atoms with E-state index in [0.717, 1.165) is 0 Å². The Morgan fingerprint density at radius 2 is 1.85 bits per heavy atom. The van der Waals surface area contributed by atoms with Gasteiger partial charge in [-0.1, -0.05) is 29.4 Å². The summed E-state index contributed by atoms with van der Waals surface area (Å²) in [5.41, 5.74) is 3.75. The van der Waals surface area contributed by atoms with Gasteiger partial charge in [0.1, 0.15) is 12.0 Å². The van der Waals surface area contributed by atoms with Gasteiger partial charge in [0, 0.05) is 42.7 Å². The number of nitrogens with zero attached hydrogens (tertiary/aromatic N) is 5. The Balaban J connectivity index is 1.58. The molecule has 0 saturated heterocycles. The molecule has 1 amide bonds. The van der Waals surface area contributed by atoms with Crippen molar-refractivity contribution in [1.82, 2.24) is 25.0 Å². The lowest BCUT2D eigenvalue weighted by molar-refractivity contribution is 0.0779. The van der Waals surface area contributed by atoms with Crippen LogP contribution in [0.25, 0.3) is 22.6 Å². The zero-order valence-electron chi connectivity index (χ0n) is 21.3. The standard InChI is InChI=1S/C27H24N6O5S/c1-17-18(2)31-38-25(17)32-39(35,36)24-7-5-4-6-22(24)21-9-8-19(26-30-12-13-37-26)14-20(21)16-33(3)27(34)23-15-28-10-11-29-23/h4-15,32H,16H2,1-3H3. The maximum absolute atomic E-state index is 13.5. The zero-order chi connectivity index (χ0) is 27.6. The first-order chi connectivity index (χ1) is 18.7. The van der Waals surface area contributed by atoms with Crippen molar-refractivity contribution in [2.75, 3.05) is 11.8 Å². The number of amides is 1. The van der Waals surface area contributed by atoms with Crippen molar-refractivity contribution in [3.8, 4) is 22.6 Å². The molecule has 0 unspecified atom stereocenters. The van der Waals surface area contributed by atoms with E-state index in [-0.39, 0.29) is 28.9 Å². The number of benzene rings is 2. The van der Waals surface area contributed by atoms with Gasteiger partial charge in [0.15, 0.2) is 0 Å². The fourth-order valence-corrected chi connectivity index (χ4v) is 5.30. The number of hydrogen-bond acceptors (Lipinski definition) is 9. The van der Waals surface area contributed by atoms with E-state index in [1.165, 1.54) is 42.0 Å². The maximum Gasteiger partial charge on any atom is 0.274 e. The zero-order valence-corrected chi connectivity index (χ0v) is 22.1. The first-order valence-corrected chi connectivity index (χ1v) is 13.3. The number of anilines is 1. The lowest BCUT2D eigenvalue weighted by atomic mass is 9.97. The Bertz CT molecular complexity index is 1730. The number of hydrogen-bond donors (Lipinski definition) is 1.